The third-order valence-electron chi connectivity index (χ3n) is 8.96. The van der Waals surface area contributed by atoms with E-state index in [1.807, 2.05) is 0 Å². The number of hydrogen-bond donors (Lipinski definition) is 1. The monoisotopic (exact) mass is 603 g/mol. The summed E-state index contributed by atoms with van der Waals surface area (Å²) in [5.41, 5.74) is -2.69. The van der Waals surface area contributed by atoms with Crippen molar-refractivity contribution < 1.29 is 45.4 Å². The molecule has 2 aliphatic rings. The van der Waals surface area contributed by atoms with E-state index in [0.717, 1.165) is 4.90 Å². The maximum absolute atomic E-state index is 14.0. The summed E-state index contributed by atoms with van der Waals surface area (Å²) in [6, 6.07) is 2.19. The minimum absolute atomic E-state index is 0.0396. The molecular formula is C29H32F7N3O3. The number of aliphatic carboxylic acids is 1. The van der Waals surface area contributed by atoms with Crippen molar-refractivity contribution in [3.05, 3.63) is 70.0 Å². The fourth-order valence-electron chi connectivity index (χ4n) is 6.33. The van der Waals surface area contributed by atoms with Crippen LogP contribution in [-0.2, 0) is 17.1 Å². The molecule has 2 saturated heterocycles. The molecule has 1 N–H and O–H groups in total. The molecule has 6 nitrogen and oxygen atoms in total. The van der Waals surface area contributed by atoms with Gasteiger partial charge in [0.1, 0.15) is 11.9 Å². The first-order valence-corrected chi connectivity index (χ1v) is 13.4. The third-order valence-corrected chi connectivity index (χ3v) is 8.96. The number of alkyl halides is 6. The van der Waals surface area contributed by atoms with Crippen molar-refractivity contribution in [3.8, 4) is 0 Å². The molecule has 0 bridgehead atoms. The van der Waals surface area contributed by atoms with Crippen LogP contribution in [-0.4, -0.2) is 64.0 Å². The molecule has 13 heteroatoms. The summed E-state index contributed by atoms with van der Waals surface area (Å²) in [6.07, 6.45) is -8.40. The number of likely N-dealkylation sites (N-methyl/N-ethyl adjacent to an activating group) is 1. The quantitative estimate of drug-likeness (QED) is 0.381. The minimum atomic E-state index is -5.04. The summed E-state index contributed by atoms with van der Waals surface area (Å²) in [6.45, 7) is 3.16. The van der Waals surface area contributed by atoms with E-state index in [-0.39, 0.29) is 18.2 Å². The number of nitrogens with zero attached hydrogens (tertiary/aromatic N) is 3. The predicted molar refractivity (Wildman–Crippen MR) is 139 cm³/mol. The number of likely N-dealkylation sites (tertiary alicyclic amines) is 2. The number of benzene rings is 2. The van der Waals surface area contributed by atoms with Crippen LogP contribution in [0.3, 0.4) is 0 Å². The van der Waals surface area contributed by atoms with Gasteiger partial charge in [0.25, 0.3) is 0 Å². The highest BCUT2D eigenvalue weighted by Crippen LogP contribution is 2.48. The molecule has 230 valence electrons. The van der Waals surface area contributed by atoms with Gasteiger partial charge in [-0.1, -0.05) is 6.07 Å². The number of halogens is 7. The van der Waals surface area contributed by atoms with Crippen molar-refractivity contribution >= 4 is 12.0 Å². The van der Waals surface area contributed by atoms with Crippen molar-refractivity contribution in [2.24, 2.45) is 0 Å². The molecule has 0 aromatic heterocycles. The molecule has 1 unspecified atom stereocenters. The van der Waals surface area contributed by atoms with Crippen LogP contribution in [0.4, 0.5) is 35.5 Å². The highest BCUT2D eigenvalue weighted by atomic mass is 19.4. The van der Waals surface area contributed by atoms with Crippen LogP contribution in [0.1, 0.15) is 72.5 Å². The number of hydrogen-bond acceptors (Lipinski definition) is 3. The second kappa shape index (κ2) is 11.1. The topological polar surface area (TPSA) is 64.1 Å². The zero-order valence-corrected chi connectivity index (χ0v) is 23.5. The Morgan fingerprint density at radius 3 is 2.12 bits per heavy atom. The van der Waals surface area contributed by atoms with Crippen LogP contribution >= 0.6 is 0 Å². The Morgan fingerprint density at radius 1 is 1.02 bits per heavy atom. The van der Waals surface area contributed by atoms with Crippen LogP contribution in [0.15, 0.2) is 36.4 Å². The van der Waals surface area contributed by atoms with E-state index in [9.17, 15) is 45.4 Å². The highest BCUT2D eigenvalue weighted by molar-refractivity contribution is 5.76. The summed E-state index contributed by atoms with van der Waals surface area (Å²) in [4.78, 5) is 30.1. The van der Waals surface area contributed by atoms with Crippen LogP contribution in [0.25, 0.3) is 0 Å². The number of rotatable bonds is 4. The van der Waals surface area contributed by atoms with Gasteiger partial charge in [-0.15, -0.1) is 0 Å². The normalized spacial score (nSPS) is 24.2. The summed E-state index contributed by atoms with van der Waals surface area (Å²) in [5, 5.41) is 9.68. The Morgan fingerprint density at radius 2 is 1.62 bits per heavy atom. The maximum atomic E-state index is 14.0. The molecule has 2 aromatic rings. The fourth-order valence-corrected chi connectivity index (χ4v) is 6.33. The highest BCUT2D eigenvalue weighted by Gasteiger charge is 2.52. The molecule has 42 heavy (non-hydrogen) atoms. The molecule has 4 rings (SSSR count). The molecule has 2 fully saturated rings. The number of carboxylic acid groups (broad SMARTS) is 1. The second-order valence-corrected chi connectivity index (χ2v) is 11.3. The zero-order valence-electron chi connectivity index (χ0n) is 23.5. The van der Waals surface area contributed by atoms with Crippen molar-refractivity contribution in [1.82, 2.24) is 14.7 Å². The average Bonchev–Trinajstić information content (AvgIpc) is 3.21. The average molecular weight is 604 g/mol. The molecule has 0 aliphatic carbocycles. The maximum Gasteiger partial charge on any atom is 0.416 e. The van der Waals surface area contributed by atoms with Crippen molar-refractivity contribution in [1.29, 1.82) is 0 Å². The first-order valence-electron chi connectivity index (χ1n) is 13.4. The summed E-state index contributed by atoms with van der Waals surface area (Å²) in [7, 11) is 3.03. The second-order valence-electron chi connectivity index (χ2n) is 11.3. The molecule has 2 amide bonds. The first-order chi connectivity index (χ1) is 19.4. The third kappa shape index (κ3) is 5.93. The number of aryl methyl sites for hydroxylation is 1. The van der Waals surface area contributed by atoms with Gasteiger partial charge in [0.15, 0.2) is 0 Å². The van der Waals surface area contributed by atoms with Crippen molar-refractivity contribution in [2.45, 2.75) is 75.5 Å². The van der Waals surface area contributed by atoms with Gasteiger partial charge in [0.05, 0.1) is 23.2 Å². The van der Waals surface area contributed by atoms with Gasteiger partial charge in [0, 0.05) is 19.1 Å². The van der Waals surface area contributed by atoms with E-state index < -0.39 is 65.0 Å². The lowest BCUT2D eigenvalue weighted by Gasteiger charge is -2.50. The van der Waals surface area contributed by atoms with Gasteiger partial charge in [-0.3, -0.25) is 9.69 Å². The molecule has 2 aromatic carbocycles. The van der Waals surface area contributed by atoms with Gasteiger partial charge in [0.2, 0.25) is 0 Å². The first kappa shape index (κ1) is 31.6. The standard InChI is InChI=1S/C29H32F7N3O3/c1-16-11-21(30)5-6-22(16)24-15-27(8-7-23(25(40)41)38(27)4)9-10-39(24)26(42)37(3)17(2)18-12-19(28(31,32)33)14-20(13-18)29(34,35)36/h5-6,11-14,17,23-24H,7-10,15H2,1-4H3,(H,40,41)/t17-,23?,24-,27-/m1/s1. The Hall–Kier alpha value is -3.35. The van der Waals surface area contributed by atoms with E-state index >= 15 is 0 Å². The van der Waals surface area contributed by atoms with Crippen LogP contribution in [0.2, 0.25) is 0 Å². The molecule has 2 heterocycles. The Balaban J connectivity index is 1.70. The van der Waals surface area contributed by atoms with Gasteiger partial charge < -0.3 is 14.9 Å². The molecule has 4 atom stereocenters. The predicted octanol–water partition coefficient (Wildman–Crippen LogP) is 7.04. The van der Waals surface area contributed by atoms with Crippen LogP contribution in [0, 0.1) is 12.7 Å². The molecular weight excluding hydrogens is 571 g/mol. The number of carbonyl (C=O) groups is 2. The largest absolute Gasteiger partial charge is 0.480 e. The minimum Gasteiger partial charge on any atom is -0.480 e. The summed E-state index contributed by atoms with van der Waals surface area (Å²) >= 11 is 0. The Labute approximate surface area is 238 Å². The number of carboxylic acids is 1. The van der Waals surface area contributed by atoms with Crippen LogP contribution in [0.5, 0.6) is 0 Å². The van der Waals surface area contributed by atoms with E-state index in [4.69, 9.17) is 0 Å². The molecule has 0 saturated carbocycles. The molecule has 0 radical (unpaired) electrons. The number of piperidine rings is 1. The number of amides is 2. The fraction of sp³-hybridized carbons (Fsp3) is 0.517. The van der Waals surface area contributed by atoms with Crippen molar-refractivity contribution in [3.63, 3.8) is 0 Å². The van der Waals surface area contributed by atoms with E-state index in [1.54, 1.807) is 24.9 Å². The number of urea groups is 1. The summed E-state index contributed by atoms with van der Waals surface area (Å²) < 4.78 is 94.9. The van der Waals surface area contributed by atoms with Gasteiger partial charge >= 0.3 is 24.4 Å². The van der Waals surface area contributed by atoms with Crippen molar-refractivity contribution in [2.75, 3.05) is 20.6 Å². The van der Waals surface area contributed by atoms with Gasteiger partial charge in [-0.05, 0) is 93.6 Å². The van der Waals surface area contributed by atoms with Gasteiger partial charge in [-0.25, -0.2) is 9.18 Å². The lowest BCUT2D eigenvalue weighted by molar-refractivity contribution is -0.144. The Kier molecular flexibility index (Phi) is 8.31. The summed E-state index contributed by atoms with van der Waals surface area (Å²) in [5.74, 6) is -1.45. The van der Waals surface area contributed by atoms with E-state index in [1.165, 1.54) is 31.0 Å². The Bertz CT molecular complexity index is 1330. The molecule has 1 spiro atoms. The van der Waals surface area contributed by atoms with Gasteiger partial charge in [-0.2, -0.15) is 26.3 Å². The van der Waals surface area contributed by atoms with Crippen LogP contribution < -0.4 is 0 Å². The lowest BCUT2D eigenvalue weighted by Crippen LogP contribution is -2.57. The van der Waals surface area contributed by atoms with E-state index in [2.05, 4.69) is 0 Å². The zero-order chi connectivity index (χ0) is 31.4. The smallest absolute Gasteiger partial charge is 0.416 e. The lowest BCUT2D eigenvalue weighted by atomic mass is 9.78. The number of carbonyl (C=O) groups excluding carboxylic acids is 1. The molecule has 2 aliphatic heterocycles. The SMILES string of the molecule is Cc1cc(F)ccc1[C@H]1C[C@@]2(CCC(C(=O)O)N2C)CCN1C(=O)N(C)[C@H](C)c1cc(C(F)(F)F)cc(C(F)(F)F)c1. The van der Waals surface area contributed by atoms with E-state index in [0.29, 0.717) is 48.9 Å².